The van der Waals surface area contributed by atoms with E-state index >= 15 is 0 Å². The van der Waals surface area contributed by atoms with Gasteiger partial charge < -0.3 is 15.0 Å². The average Bonchev–Trinajstić information content (AvgIpc) is 2.66. The van der Waals surface area contributed by atoms with Gasteiger partial charge in [-0.25, -0.2) is 0 Å². The van der Waals surface area contributed by atoms with E-state index in [4.69, 9.17) is 17.0 Å². The number of anilines is 1. The van der Waals surface area contributed by atoms with E-state index in [-0.39, 0.29) is 11.5 Å². The lowest BCUT2D eigenvalue weighted by Gasteiger charge is -2.13. The third-order valence-electron chi connectivity index (χ3n) is 4.89. The molecule has 0 aliphatic heterocycles. The molecule has 0 aliphatic rings. The fourth-order valence-electron chi connectivity index (χ4n) is 3.53. The van der Waals surface area contributed by atoms with Crippen molar-refractivity contribution in [2.75, 3.05) is 19.0 Å². The Bertz CT molecular complexity index is 1170. The number of ether oxygens (including phenoxy) is 1. The molecule has 0 spiro atoms. The van der Waals surface area contributed by atoms with E-state index in [0.717, 1.165) is 22.4 Å². The quantitative estimate of drug-likeness (QED) is 0.469. The minimum atomic E-state index is -0.231. The normalized spacial score (nSPS) is 11.0. The molecule has 6 nitrogen and oxygen atoms in total. The van der Waals surface area contributed by atoms with E-state index in [9.17, 15) is 9.59 Å². The maximum Gasteiger partial charge on any atom is 0.262 e. The number of fused-ring (bicyclic) bond motifs is 1. The summed E-state index contributed by atoms with van der Waals surface area (Å²) in [5.41, 5.74) is 4.81. The van der Waals surface area contributed by atoms with Crippen LogP contribution in [-0.2, 0) is 11.3 Å². The van der Waals surface area contributed by atoms with Gasteiger partial charge in [0.2, 0.25) is 0 Å². The van der Waals surface area contributed by atoms with Crippen molar-refractivity contribution in [3.63, 3.8) is 0 Å². The van der Waals surface area contributed by atoms with E-state index < -0.39 is 0 Å². The van der Waals surface area contributed by atoms with Gasteiger partial charge in [0.05, 0.1) is 10.9 Å². The number of aryl methyl sites for hydroxylation is 3. The number of aromatic amines is 1. The molecule has 0 aliphatic carbocycles. The SMILES string of the molecule is COCCCn1c(=S)[nH]c2cc(C(=O)Nc3c(C)cc(C)cc3C)ccc2c1=O. The third-order valence-corrected chi connectivity index (χ3v) is 5.21. The van der Waals surface area contributed by atoms with Gasteiger partial charge in [-0.3, -0.25) is 14.2 Å². The molecule has 1 aromatic heterocycles. The number of nitrogens with one attached hydrogen (secondary N) is 2. The van der Waals surface area contributed by atoms with Crippen molar-refractivity contribution < 1.29 is 9.53 Å². The highest BCUT2D eigenvalue weighted by Gasteiger charge is 2.13. The first kappa shape index (κ1) is 21.0. The van der Waals surface area contributed by atoms with Crippen LogP contribution in [0.15, 0.2) is 35.1 Å². The summed E-state index contributed by atoms with van der Waals surface area (Å²) < 4.78 is 6.90. The van der Waals surface area contributed by atoms with Crippen LogP contribution in [0.3, 0.4) is 0 Å². The molecule has 0 bridgehead atoms. The highest BCUT2D eigenvalue weighted by molar-refractivity contribution is 7.71. The lowest BCUT2D eigenvalue weighted by molar-refractivity contribution is 0.102. The second-order valence-electron chi connectivity index (χ2n) is 7.22. The maximum absolute atomic E-state index is 12.8. The fourth-order valence-corrected chi connectivity index (χ4v) is 3.81. The van der Waals surface area contributed by atoms with Crippen molar-refractivity contribution in [2.45, 2.75) is 33.7 Å². The first-order chi connectivity index (χ1) is 13.8. The number of hydrogen-bond donors (Lipinski definition) is 2. The largest absolute Gasteiger partial charge is 0.385 e. The van der Waals surface area contributed by atoms with Gasteiger partial charge >= 0.3 is 0 Å². The Morgan fingerprint density at radius 3 is 2.52 bits per heavy atom. The van der Waals surface area contributed by atoms with Crippen molar-refractivity contribution >= 4 is 34.7 Å². The van der Waals surface area contributed by atoms with Crippen LogP contribution in [0.25, 0.3) is 10.9 Å². The second kappa shape index (κ2) is 8.71. The predicted molar refractivity (Wildman–Crippen MR) is 118 cm³/mol. The minimum Gasteiger partial charge on any atom is -0.385 e. The zero-order chi connectivity index (χ0) is 21.1. The molecule has 0 saturated heterocycles. The summed E-state index contributed by atoms with van der Waals surface area (Å²) in [5.74, 6) is -0.231. The van der Waals surface area contributed by atoms with Gasteiger partial charge in [-0.15, -0.1) is 0 Å². The number of benzene rings is 2. The van der Waals surface area contributed by atoms with Gasteiger partial charge in [-0.1, -0.05) is 17.7 Å². The summed E-state index contributed by atoms with van der Waals surface area (Å²) in [5, 5.41) is 3.48. The van der Waals surface area contributed by atoms with Crippen molar-refractivity contribution in [1.82, 2.24) is 9.55 Å². The summed E-state index contributed by atoms with van der Waals surface area (Å²) in [6.45, 7) is 7.00. The second-order valence-corrected chi connectivity index (χ2v) is 7.61. The molecule has 2 aromatic carbocycles. The Morgan fingerprint density at radius 1 is 1.17 bits per heavy atom. The van der Waals surface area contributed by atoms with E-state index in [1.54, 1.807) is 25.3 Å². The molecule has 1 amide bonds. The molecular weight excluding hydrogens is 386 g/mol. The van der Waals surface area contributed by atoms with Gasteiger partial charge in [0.15, 0.2) is 4.77 Å². The van der Waals surface area contributed by atoms with Gasteiger partial charge in [0.25, 0.3) is 11.5 Å². The number of methoxy groups -OCH3 is 1. The topological polar surface area (TPSA) is 76.1 Å². The fraction of sp³-hybridized carbons (Fsp3) is 0.318. The standard InChI is InChI=1S/C22H25N3O3S/c1-13-10-14(2)19(15(3)11-13)24-20(26)16-6-7-17-18(12-16)23-22(29)25(21(17)27)8-5-9-28-4/h6-7,10-12H,5,8-9H2,1-4H3,(H,23,29)(H,24,26). The number of H-pyrrole nitrogens is 1. The van der Waals surface area contributed by atoms with Crippen LogP contribution < -0.4 is 10.9 Å². The first-order valence-corrected chi connectivity index (χ1v) is 9.87. The summed E-state index contributed by atoms with van der Waals surface area (Å²) in [7, 11) is 1.62. The van der Waals surface area contributed by atoms with Crippen LogP contribution in [0.2, 0.25) is 0 Å². The van der Waals surface area contributed by atoms with Crippen LogP contribution in [0.1, 0.15) is 33.5 Å². The molecule has 0 radical (unpaired) electrons. The average molecular weight is 412 g/mol. The zero-order valence-corrected chi connectivity index (χ0v) is 17.9. The number of rotatable bonds is 6. The molecule has 29 heavy (non-hydrogen) atoms. The Labute approximate surface area is 174 Å². The summed E-state index contributed by atoms with van der Waals surface area (Å²) >= 11 is 5.34. The molecule has 0 saturated carbocycles. The van der Waals surface area contributed by atoms with Crippen molar-refractivity contribution in [2.24, 2.45) is 0 Å². The van der Waals surface area contributed by atoms with Crippen molar-refractivity contribution in [3.8, 4) is 0 Å². The van der Waals surface area contributed by atoms with E-state index in [2.05, 4.69) is 10.3 Å². The van der Waals surface area contributed by atoms with Crippen LogP contribution in [0.5, 0.6) is 0 Å². The molecule has 0 fully saturated rings. The molecule has 2 N–H and O–H groups in total. The molecule has 3 rings (SSSR count). The molecule has 7 heteroatoms. The van der Waals surface area contributed by atoms with Crippen LogP contribution in [-0.4, -0.2) is 29.2 Å². The van der Waals surface area contributed by atoms with Gasteiger partial charge in [-0.05, 0) is 68.7 Å². The Morgan fingerprint density at radius 2 is 1.86 bits per heavy atom. The highest BCUT2D eigenvalue weighted by atomic mass is 32.1. The Kier molecular flexibility index (Phi) is 6.30. The molecule has 0 atom stereocenters. The summed E-state index contributed by atoms with van der Waals surface area (Å²) in [6, 6.07) is 9.06. The zero-order valence-electron chi connectivity index (χ0n) is 17.1. The van der Waals surface area contributed by atoms with Crippen LogP contribution >= 0.6 is 12.2 Å². The Hall–Kier alpha value is -2.77. The lowest BCUT2D eigenvalue weighted by atomic mass is 10.0. The number of nitrogens with zero attached hydrogens (tertiary/aromatic N) is 1. The number of carbonyl (C=O) groups excluding carboxylic acids is 1. The number of aromatic nitrogens is 2. The lowest BCUT2D eigenvalue weighted by Crippen LogP contribution is -2.23. The molecule has 3 aromatic rings. The number of carbonyl (C=O) groups is 1. The smallest absolute Gasteiger partial charge is 0.262 e. The molecule has 152 valence electrons. The predicted octanol–water partition coefficient (Wildman–Crippen LogP) is 4.27. The van der Waals surface area contributed by atoms with Crippen LogP contribution in [0.4, 0.5) is 5.69 Å². The Balaban J connectivity index is 1.94. The van der Waals surface area contributed by atoms with Crippen molar-refractivity contribution in [1.29, 1.82) is 0 Å². The molecule has 1 heterocycles. The number of hydrogen-bond acceptors (Lipinski definition) is 4. The van der Waals surface area contributed by atoms with E-state index in [1.807, 2.05) is 32.9 Å². The van der Waals surface area contributed by atoms with Crippen LogP contribution in [0, 0.1) is 25.5 Å². The first-order valence-electron chi connectivity index (χ1n) is 9.47. The summed E-state index contributed by atoms with van der Waals surface area (Å²) in [6.07, 6.45) is 0.690. The van der Waals surface area contributed by atoms with Crippen molar-refractivity contribution in [3.05, 3.63) is 67.7 Å². The summed E-state index contributed by atoms with van der Waals surface area (Å²) in [4.78, 5) is 28.7. The van der Waals surface area contributed by atoms with Gasteiger partial charge in [-0.2, -0.15) is 0 Å². The van der Waals surface area contributed by atoms with Gasteiger partial charge in [0.1, 0.15) is 0 Å². The third kappa shape index (κ3) is 4.46. The minimum absolute atomic E-state index is 0.169. The highest BCUT2D eigenvalue weighted by Crippen LogP contribution is 2.23. The monoisotopic (exact) mass is 411 g/mol. The van der Waals surface area contributed by atoms with E-state index in [1.165, 1.54) is 4.57 Å². The molecule has 0 unspecified atom stereocenters. The number of amides is 1. The maximum atomic E-state index is 12.8. The van der Waals surface area contributed by atoms with E-state index in [0.29, 0.717) is 40.8 Å². The van der Waals surface area contributed by atoms with Gasteiger partial charge in [0, 0.05) is 31.5 Å². The molecular formula is C22H25N3O3S.